The van der Waals surface area contributed by atoms with Crippen LogP contribution < -0.4 is 5.73 Å². The molecule has 5 heteroatoms. The predicted molar refractivity (Wildman–Crippen MR) is 96.2 cm³/mol. The fraction of sp³-hybridized carbons (Fsp3) is 0.611. The molecule has 0 aromatic heterocycles. The minimum Gasteiger partial charge on any atom is -0.385 e. The van der Waals surface area contributed by atoms with Gasteiger partial charge in [0.15, 0.2) is 0 Å². The summed E-state index contributed by atoms with van der Waals surface area (Å²) in [5.74, 6) is 0.188. The fourth-order valence-corrected chi connectivity index (χ4v) is 3.74. The molecule has 4 nitrogen and oxygen atoms in total. The highest BCUT2D eigenvalue weighted by molar-refractivity contribution is 9.10. The van der Waals surface area contributed by atoms with E-state index in [0.29, 0.717) is 13.2 Å². The highest BCUT2D eigenvalue weighted by Gasteiger charge is 2.30. The van der Waals surface area contributed by atoms with Crippen LogP contribution in [0.25, 0.3) is 0 Å². The molecular weight excluding hydrogens is 356 g/mol. The number of nitrogens with zero attached hydrogens (tertiary/aromatic N) is 1. The van der Waals surface area contributed by atoms with Crippen LogP contribution in [-0.4, -0.2) is 43.7 Å². The molecule has 0 spiro atoms. The van der Waals surface area contributed by atoms with Crippen molar-refractivity contribution in [3.63, 3.8) is 0 Å². The zero-order valence-corrected chi connectivity index (χ0v) is 15.4. The van der Waals surface area contributed by atoms with Gasteiger partial charge in [0.2, 0.25) is 5.91 Å². The summed E-state index contributed by atoms with van der Waals surface area (Å²) in [5.41, 5.74) is 7.06. The zero-order valence-electron chi connectivity index (χ0n) is 13.8. The molecule has 2 unspecified atom stereocenters. The minimum absolute atomic E-state index is 0.0450. The number of hydrogen-bond acceptors (Lipinski definition) is 3. The van der Waals surface area contributed by atoms with Gasteiger partial charge in [0.05, 0.1) is 0 Å². The number of methoxy groups -OCH3 is 1. The first-order valence-corrected chi connectivity index (χ1v) is 9.19. The van der Waals surface area contributed by atoms with Crippen molar-refractivity contribution in [2.75, 3.05) is 26.8 Å². The Morgan fingerprint density at radius 3 is 3.00 bits per heavy atom. The standard InChI is InChI=1S/C18H27BrN2O2/c1-23-10-8-15(11-14-5-4-6-16(19)12-14)18(22)21-9-3-2-7-17(21)13-20/h4-6,12,15,17H,2-3,7-11,13,20H2,1H3. The summed E-state index contributed by atoms with van der Waals surface area (Å²) in [7, 11) is 1.68. The molecule has 1 amide bonds. The maximum Gasteiger partial charge on any atom is 0.226 e. The first-order valence-electron chi connectivity index (χ1n) is 8.39. The number of nitrogens with two attached hydrogens (primary N) is 1. The molecule has 0 radical (unpaired) electrons. The SMILES string of the molecule is COCCC(Cc1cccc(Br)c1)C(=O)N1CCCCC1CN. The van der Waals surface area contributed by atoms with Gasteiger partial charge >= 0.3 is 0 Å². The lowest BCUT2D eigenvalue weighted by Gasteiger charge is -2.37. The number of likely N-dealkylation sites (tertiary alicyclic amines) is 1. The van der Waals surface area contributed by atoms with Crippen LogP contribution in [0.5, 0.6) is 0 Å². The van der Waals surface area contributed by atoms with E-state index in [2.05, 4.69) is 28.1 Å². The second kappa shape index (κ2) is 9.40. The fourth-order valence-electron chi connectivity index (χ4n) is 3.29. The summed E-state index contributed by atoms with van der Waals surface area (Å²) in [4.78, 5) is 15.1. The second-order valence-electron chi connectivity index (χ2n) is 6.23. The van der Waals surface area contributed by atoms with Crippen molar-refractivity contribution < 1.29 is 9.53 Å². The molecule has 0 aliphatic carbocycles. The molecule has 2 N–H and O–H groups in total. The lowest BCUT2D eigenvalue weighted by Crippen LogP contribution is -2.50. The molecule has 0 saturated carbocycles. The molecule has 2 rings (SSSR count). The van der Waals surface area contributed by atoms with E-state index >= 15 is 0 Å². The van der Waals surface area contributed by atoms with Crippen LogP contribution >= 0.6 is 15.9 Å². The van der Waals surface area contributed by atoms with Crippen molar-refractivity contribution >= 4 is 21.8 Å². The average Bonchev–Trinajstić information content (AvgIpc) is 2.58. The van der Waals surface area contributed by atoms with E-state index in [4.69, 9.17) is 10.5 Å². The molecule has 1 aliphatic heterocycles. The van der Waals surface area contributed by atoms with Crippen molar-refractivity contribution in [1.29, 1.82) is 0 Å². The molecule has 0 bridgehead atoms. The number of carbonyl (C=O) groups is 1. The van der Waals surface area contributed by atoms with Crippen LogP contribution in [0.1, 0.15) is 31.2 Å². The van der Waals surface area contributed by atoms with Crippen LogP contribution in [0.3, 0.4) is 0 Å². The number of rotatable bonds is 7. The third-order valence-electron chi connectivity index (χ3n) is 4.57. The Morgan fingerprint density at radius 1 is 1.48 bits per heavy atom. The Morgan fingerprint density at radius 2 is 2.30 bits per heavy atom. The zero-order chi connectivity index (χ0) is 16.7. The Kier molecular flexibility index (Phi) is 7.53. The van der Waals surface area contributed by atoms with E-state index in [-0.39, 0.29) is 17.9 Å². The van der Waals surface area contributed by atoms with Crippen LogP contribution in [0.2, 0.25) is 0 Å². The first kappa shape index (κ1) is 18.4. The van der Waals surface area contributed by atoms with Crippen LogP contribution in [0.15, 0.2) is 28.7 Å². The van der Waals surface area contributed by atoms with Crippen LogP contribution in [-0.2, 0) is 16.0 Å². The normalized spacial score (nSPS) is 19.6. The van der Waals surface area contributed by atoms with Crippen molar-refractivity contribution in [3.05, 3.63) is 34.3 Å². The average molecular weight is 383 g/mol. The molecule has 128 valence electrons. The topological polar surface area (TPSA) is 55.6 Å². The predicted octanol–water partition coefficient (Wildman–Crippen LogP) is 2.98. The maximum atomic E-state index is 13.1. The van der Waals surface area contributed by atoms with E-state index in [1.54, 1.807) is 7.11 Å². The molecule has 1 aliphatic rings. The number of halogens is 1. The van der Waals surface area contributed by atoms with Crippen molar-refractivity contribution in [2.45, 2.75) is 38.1 Å². The number of hydrogen-bond donors (Lipinski definition) is 1. The van der Waals surface area contributed by atoms with Gasteiger partial charge in [0.1, 0.15) is 0 Å². The monoisotopic (exact) mass is 382 g/mol. The van der Waals surface area contributed by atoms with Crippen LogP contribution in [0.4, 0.5) is 0 Å². The molecule has 23 heavy (non-hydrogen) atoms. The largest absolute Gasteiger partial charge is 0.385 e. The number of piperidine rings is 1. The molecule has 1 fully saturated rings. The van der Waals surface area contributed by atoms with Crippen molar-refractivity contribution in [1.82, 2.24) is 4.90 Å². The van der Waals surface area contributed by atoms with E-state index in [1.165, 1.54) is 12.0 Å². The highest BCUT2D eigenvalue weighted by atomic mass is 79.9. The van der Waals surface area contributed by atoms with Gasteiger partial charge in [-0.25, -0.2) is 0 Å². The smallest absolute Gasteiger partial charge is 0.226 e. The number of amides is 1. The van der Waals surface area contributed by atoms with Crippen molar-refractivity contribution in [2.24, 2.45) is 11.7 Å². The van der Waals surface area contributed by atoms with Gasteiger partial charge in [0.25, 0.3) is 0 Å². The molecule has 1 aromatic rings. The summed E-state index contributed by atoms with van der Waals surface area (Å²) in [6.45, 7) is 1.99. The summed E-state index contributed by atoms with van der Waals surface area (Å²) < 4.78 is 6.27. The first-order chi connectivity index (χ1) is 11.2. The van der Waals surface area contributed by atoms with Gasteiger partial charge in [-0.1, -0.05) is 28.1 Å². The van der Waals surface area contributed by atoms with E-state index < -0.39 is 0 Å². The van der Waals surface area contributed by atoms with Gasteiger partial charge in [-0.05, 0) is 49.8 Å². The molecule has 1 aromatic carbocycles. The minimum atomic E-state index is -0.0450. The Balaban J connectivity index is 2.11. The van der Waals surface area contributed by atoms with Gasteiger partial charge < -0.3 is 15.4 Å². The number of ether oxygens (including phenoxy) is 1. The number of benzene rings is 1. The second-order valence-corrected chi connectivity index (χ2v) is 7.15. The summed E-state index contributed by atoms with van der Waals surface area (Å²) in [6, 6.07) is 8.38. The quantitative estimate of drug-likeness (QED) is 0.788. The third kappa shape index (κ3) is 5.30. The molecular formula is C18H27BrN2O2. The Labute approximate surface area is 147 Å². The highest BCUT2D eigenvalue weighted by Crippen LogP contribution is 2.23. The van der Waals surface area contributed by atoms with Gasteiger partial charge in [0, 0.05) is 43.2 Å². The molecule has 1 heterocycles. The van der Waals surface area contributed by atoms with Gasteiger partial charge in [-0.3, -0.25) is 4.79 Å². The van der Waals surface area contributed by atoms with Crippen molar-refractivity contribution in [3.8, 4) is 0 Å². The summed E-state index contributed by atoms with van der Waals surface area (Å²) >= 11 is 3.50. The van der Waals surface area contributed by atoms with E-state index in [1.807, 2.05) is 17.0 Å². The van der Waals surface area contributed by atoms with Crippen LogP contribution in [0, 0.1) is 5.92 Å². The Bertz CT molecular complexity index is 510. The van der Waals surface area contributed by atoms with E-state index in [0.717, 1.165) is 36.7 Å². The van der Waals surface area contributed by atoms with E-state index in [9.17, 15) is 4.79 Å². The number of carbonyl (C=O) groups excluding carboxylic acids is 1. The summed E-state index contributed by atoms with van der Waals surface area (Å²) in [6.07, 6.45) is 4.76. The maximum absolute atomic E-state index is 13.1. The van der Waals surface area contributed by atoms with Gasteiger partial charge in [-0.2, -0.15) is 0 Å². The Hall–Kier alpha value is -0.910. The lowest BCUT2D eigenvalue weighted by molar-refractivity contribution is -0.139. The molecule has 1 saturated heterocycles. The third-order valence-corrected chi connectivity index (χ3v) is 5.07. The lowest BCUT2D eigenvalue weighted by atomic mass is 9.92. The summed E-state index contributed by atoms with van der Waals surface area (Å²) in [5, 5.41) is 0. The van der Waals surface area contributed by atoms with Gasteiger partial charge in [-0.15, -0.1) is 0 Å². The molecule has 2 atom stereocenters.